The van der Waals surface area contributed by atoms with E-state index in [9.17, 15) is 14.7 Å². The molecule has 0 radical (unpaired) electrons. The van der Waals surface area contributed by atoms with E-state index >= 15 is 0 Å². The highest BCUT2D eigenvalue weighted by Gasteiger charge is 2.43. The maximum absolute atomic E-state index is 11.8. The Bertz CT molecular complexity index is 601. The van der Waals surface area contributed by atoms with Crippen LogP contribution < -0.4 is 11.1 Å². The number of rotatable bonds is 3. The van der Waals surface area contributed by atoms with Gasteiger partial charge in [0, 0.05) is 24.0 Å². The lowest BCUT2D eigenvalue weighted by Gasteiger charge is -2.35. The van der Waals surface area contributed by atoms with Crippen LogP contribution in [0.15, 0.2) is 12.4 Å². The molecule has 2 rings (SSSR count). The number of amides is 1. The minimum absolute atomic E-state index is 0.0338. The van der Waals surface area contributed by atoms with Gasteiger partial charge in [0.05, 0.1) is 5.41 Å². The zero-order chi connectivity index (χ0) is 18.0. The smallest absolute Gasteiger partial charge is 0.414 e. The van der Waals surface area contributed by atoms with Crippen LogP contribution in [0.25, 0.3) is 0 Å². The van der Waals surface area contributed by atoms with Crippen LogP contribution in [0.4, 0.5) is 10.7 Å². The molecule has 1 amide bonds. The molecule has 1 heterocycles. The Hall–Kier alpha value is -2.22. The first-order valence-corrected chi connectivity index (χ1v) is 7.94. The summed E-state index contributed by atoms with van der Waals surface area (Å²) in [5.74, 6) is -0.827. The van der Waals surface area contributed by atoms with Gasteiger partial charge in [-0.1, -0.05) is 0 Å². The number of ether oxygens (including phenoxy) is 1. The van der Waals surface area contributed by atoms with Crippen LogP contribution in [0.2, 0.25) is 0 Å². The third-order valence-electron chi connectivity index (χ3n) is 4.11. The number of hydrogen-bond acceptors (Lipinski definition) is 6. The SMILES string of the molecule is CC(C)(C)OC(=O)Nc1ncc(C2(C(=O)O)CCC(N)CC2)cn1. The van der Waals surface area contributed by atoms with E-state index in [4.69, 9.17) is 10.5 Å². The topological polar surface area (TPSA) is 127 Å². The molecule has 0 atom stereocenters. The van der Waals surface area contributed by atoms with Crippen molar-refractivity contribution in [2.45, 2.75) is 63.5 Å². The van der Waals surface area contributed by atoms with Crippen molar-refractivity contribution in [3.8, 4) is 0 Å². The molecule has 0 bridgehead atoms. The quantitative estimate of drug-likeness (QED) is 0.770. The van der Waals surface area contributed by atoms with Crippen molar-refractivity contribution in [1.82, 2.24) is 9.97 Å². The molecule has 0 spiro atoms. The van der Waals surface area contributed by atoms with E-state index in [-0.39, 0.29) is 12.0 Å². The number of carboxylic acid groups (broad SMARTS) is 1. The zero-order valence-electron chi connectivity index (χ0n) is 14.2. The average Bonchev–Trinajstić information content (AvgIpc) is 2.47. The van der Waals surface area contributed by atoms with Crippen LogP contribution >= 0.6 is 0 Å². The predicted octanol–water partition coefficient (Wildman–Crippen LogP) is 2.05. The van der Waals surface area contributed by atoms with Crippen molar-refractivity contribution in [2.24, 2.45) is 5.73 Å². The lowest BCUT2D eigenvalue weighted by Crippen LogP contribution is -2.43. The highest BCUT2D eigenvalue weighted by molar-refractivity contribution is 5.83. The van der Waals surface area contributed by atoms with Gasteiger partial charge in [0.15, 0.2) is 0 Å². The first-order chi connectivity index (χ1) is 11.1. The number of hydrogen-bond donors (Lipinski definition) is 3. The second-order valence-corrected chi connectivity index (χ2v) is 7.15. The van der Waals surface area contributed by atoms with Crippen molar-refractivity contribution in [3.63, 3.8) is 0 Å². The Labute approximate surface area is 140 Å². The molecule has 8 nitrogen and oxygen atoms in total. The van der Waals surface area contributed by atoms with E-state index in [0.717, 1.165) is 0 Å². The van der Waals surface area contributed by atoms with E-state index in [1.807, 2.05) is 0 Å². The molecule has 0 saturated heterocycles. The van der Waals surface area contributed by atoms with Crippen LogP contribution in [0, 0.1) is 0 Å². The normalized spacial score (nSPS) is 24.2. The molecule has 0 aliphatic heterocycles. The molecule has 0 unspecified atom stereocenters. The standard InChI is InChI=1S/C16H24N4O4/c1-15(2,3)24-14(23)20-13-18-8-10(9-19-13)16(12(21)22)6-4-11(17)5-7-16/h8-9,11H,4-7,17H2,1-3H3,(H,21,22)(H,18,19,20,23). The summed E-state index contributed by atoms with van der Waals surface area (Å²) in [4.78, 5) is 31.6. The van der Waals surface area contributed by atoms with E-state index < -0.39 is 23.1 Å². The minimum atomic E-state index is -1.01. The predicted molar refractivity (Wildman–Crippen MR) is 87.6 cm³/mol. The van der Waals surface area contributed by atoms with Gasteiger partial charge in [0.2, 0.25) is 5.95 Å². The summed E-state index contributed by atoms with van der Waals surface area (Å²) in [7, 11) is 0. The van der Waals surface area contributed by atoms with Gasteiger partial charge >= 0.3 is 12.1 Å². The number of nitrogens with two attached hydrogens (primary N) is 1. The van der Waals surface area contributed by atoms with Gasteiger partial charge < -0.3 is 15.6 Å². The molecule has 0 aromatic carbocycles. The van der Waals surface area contributed by atoms with E-state index in [1.165, 1.54) is 12.4 Å². The molecule has 1 aromatic heterocycles. The molecule has 1 fully saturated rings. The highest BCUT2D eigenvalue weighted by atomic mass is 16.6. The van der Waals surface area contributed by atoms with Gasteiger partial charge in [-0.3, -0.25) is 10.1 Å². The number of nitrogens with zero attached hydrogens (tertiary/aromatic N) is 2. The largest absolute Gasteiger partial charge is 0.481 e. The number of carbonyl (C=O) groups excluding carboxylic acids is 1. The van der Waals surface area contributed by atoms with E-state index in [2.05, 4.69) is 15.3 Å². The van der Waals surface area contributed by atoms with Crippen molar-refractivity contribution in [3.05, 3.63) is 18.0 Å². The molecule has 1 aromatic rings. The molecule has 132 valence electrons. The summed E-state index contributed by atoms with van der Waals surface area (Å²) in [6, 6.07) is 0.0338. The fourth-order valence-electron chi connectivity index (χ4n) is 2.79. The Kier molecular flexibility index (Phi) is 5.08. The Morgan fingerprint density at radius 3 is 2.29 bits per heavy atom. The summed E-state index contributed by atoms with van der Waals surface area (Å²) in [5, 5.41) is 12.1. The third-order valence-corrected chi connectivity index (χ3v) is 4.11. The summed E-state index contributed by atoms with van der Waals surface area (Å²) >= 11 is 0. The first kappa shape index (κ1) is 18.1. The second kappa shape index (κ2) is 6.72. The van der Waals surface area contributed by atoms with Crippen LogP contribution in [0.1, 0.15) is 52.0 Å². The van der Waals surface area contributed by atoms with Gasteiger partial charge in [-0.2, -0.15) is 0 Å². The number of carbonyl (C=O) groups is 2. The number of nitrogens with one attached hydrogen (secondary N) is 1. The molecular formula is C16H24N4O4. The minimum Gasteiger partial charge on any atom is -0.481 e. The van der Waals surface area contributed by atoms with Crippen LogP contribution in [-0.2, 0) is 14.9 Å². The fourth-order valence-corrected chi connectivity index (χ4v) is 2.79. The maximum atomic E-state index is 11.8. The van der Waals surface area contributed by atoms with Crippen molar-refractivity contribution >= 4 is 18.0 Å². The van der Waals surface area contributed by atoms with Crippen molar-refractivity contribution in [1.29, 1.82) is 0 Å². The monoisotopic (exact) mass is 336 g/mol. The fraction of sp³-hybridized carbons (Fsp3) is 0.625. The number of aliphatic carboxylic acids is 1. The van der Waals surface area contributed by atoms with Gasteiger partial charge in [-0.05, 0) is 46.5 Å². The van der Waals surface area contributed by atoms with Gasteiger partial charge in [0.1, 0.15) is 5.60 Å². The van der Waals surface area contributed by atoms with Gasteiger partial charge in [-0.25, -0.2) is 14.8 Å². The summed E-state index contributed by atoms with van der Waals surface area (Å²) < 4.78 is 5.12. The van der Waals surface area contributed by atoms with Gasteiger partial charge in [0.25, 0.3) is 0 Å². The molecule has 8 heteroatoms. The molecule has 1 aliphatic rings. The molecule has 24 heavy (non-hydrogen) atoms. The summed E-state index contributed by atoms with van der Waals surface area (Å²) in [6.45, 7) is 5.25. The summed E-state index contributed by atoms with van der Waals surface area (Å²) in [5.41, 5.74) is 4.76. The van der Waals surface area contributed by atoms with Crippen LogP contribution in [0.5, 0.6) is 0 Å². The molecule has 4 N–H and O–H groups in total. The van der Waals surface area contributed by atoms with Crippen LogP contribution in [-0.4, -0.2) is 38.8 Å². The third kappa shape index (κ3) is 4.19. The Morgan fingerprint density at radius 2 is 1.83 bits per heavy atom. The zero-order valence-corrected chi connectivity index (χ0v) is 14.2. The lowest BCUT2D eigenvalue weighted by atomic mass is 9.69. The number of carboxylic acids is 1. The van der Waals surface area contributed by atoms with Crippen molar-refractivity contribution < 1.29 is 19.4 Å². The maximum Gasteiger partial charge on any atom is 0.414 e. The summed E-state index contributed by atoms with van der Waals surface area (Å²) in [6.07, 6.45) is 4.42. The highest BCUT2D eigenvalue weighted by Crippen LogP contribution is 2.39. The second-order valence-electron chi connectivity index (χ2n) is 7.15. The van der Waals surface area contributed by atoms with E-state index in [0.29, 0.717) is 31.2 Å². The van der Waals surface area contributed by atoms with Gasteiger partial charge in [-0.15, -0.1) is 0 Å². The molecule has 1 saturated carbocycles. The van der Waals surface area contributed by atoms with Crippen LogP contribution in [0.3, 0.4) is 0 Å². The Balaban J connectivity index is 2.13. The Morgan fingerprint density at radius 1 is 1.29 bits per heavy atom. The van der Waals surface area contributed by atoms with E-state index in [1.54, 1.807) is 20.8 Å². The average molecular weight is 336 g/mol. The van der Waals surface area contributed by atoms with Crippen molar-refractivity contribution in [2.75, 3.05) is 5.32 Å². The molecular weight excluding hydrogens is 312 g/mol. The lowest BCUT2D eigenvalue weighted by molar-refractivity contribution is -0.145. The number of aromatic nitrogens is 2. The molecule has 1 aliphatic carbocycles. The number of anilines is 1. The first-order valence-electron chi connectivity index (χ1n) is 7.94.